The Bertz CT molecular complexity index is 956. The Balaban J connectivity index is 1.76. The molecule has 0 fully saturated rings. The first kappa shape index (κ1) is 19.4. The summed E-state index contributed by atoms with van der Waals surface area (Å²) < 4.78 is 38.3. The number of nitrogens with zero attached hydrogens (tertiary/aromatic N) is 1. The Morgan fingerprint density at radius 2 is 1.67 bits per heavy atom. The molecule has 1 aliphatic rings. The second-order valence-corrected chi connectivity index (χ2v) is 8.44. The summed E-state index contributed by atoms with van der Waals surface area (Å²) in [5.41, 5.74) is 3.18. The molecule has 0 unspecified atom stereocenters. The monoisotopic (exact) mass is 406 g/mol. The molecule has 1 heterocycles. The van der Waals surface area contributed by atoms with Crippen molar-refractivity contribution in [1.82, 2.24) is 9.62 Å². The number of nitrogens with one attached hydrogen (secondary N) is 1. The van der Waals surface area contributed by atoms with Crippen LogP contribution in [0, 0.1) is 6.92 Å². The van der Waals surface area contributed by atoms with Gasteiger partial charge in [-0.05, 0) is 61.0 Å². The Kier molecular flexibility index (Phi) is 5.57. The van der Waals surface area contributed by atoms with Gasteiger partial charge in [0, 0.05) is 13.1 Å². The molecule has 0 aliphatic carbocycles. The lowest BCUT2D eigenvalue weighted by atomic mass is 9.99. The number of rotatable bonds is 4. The molecule has 2 aromatic rings. The number of methoxy groups -OCH3 is 2. The number of ether oxygens (including phenoxy) is 2. The van der Waals surface area contributed by atoms with Crippen molar-refractivity contribution in [1.29, 1.82) is 0 Å². The van der Waals surface area contributed by atoms with Crippen LogP contribution in [0.2, 0.25) is 0 Å². The molecule has 0 radical (unpaired) electrons. The minimum Gasteiger partial charge on any atom is -0.493 e. The van der Waals surface area contributed by atoms with Crippen molar-refractivity contribution in [3.05, 3.63) is 53.1 Å². The first-order valence-corrected chi connectivity index (χ1v) is 10.4. The number of fused-ring (bicyclic) bond motifs is 1. The molecule has 0 saturated heterocycles. The van der Waals surface area contributed by atoms with E-state index in [0.717, 1.165) is 23.1 Å². The van der Waals surface area contributed by atoms with E-state index in [4.69, 9.17) is 21.7 Å². The van der Waals surface area contributed by atoms with Gasteiger partial charge in [0.05, 0.1) is 19.1 Å². The van der Waals surface area contributed by atoms with Crippen LogP contribution in [0.5, 0.6) is 11.5 Å². The molecule has 1 N–H and O–H groups in total. The predicted molar refractivity (Wildman–Crippen MR) is 108 cm³/mol. The third-order valence-electron chi connectivity index (χ3n) is 4.56. The first-order valence-electron chi connectivity index (χ1n) is 8.46. The highest BCUT2D eigenvalue weighted by Gasteiger charge is 2.24. The molecule has 0 saturated carbocycles. The van der Waals surface area contributed by atoms with E-state index in [1.165, 1.54) is 0 Å². The fourth-order valence-electron chi connectivity index (χ4n) is 3.01. The van der Waals surface area contributed by atoms with Gasteiger partial charge < -0.3 is 14.4 Å². The summed E-state index contributed by atoms with van der Waals surface area (Å²) in [7, 11) is -0.510. The van der Waals surface area contributed by atoms with Crippen LogP contribution in [0.25, 0.3) is 0 Å². The second kappa shape index (κ2) is 7.74. The Hall–Kier alpha value is -2.32. The molecule has 0 amide bonds. The normalized spacial score (nSPS) is 13.7. The summed E-state index contributed by atoms with van der Waals surface area (Å²) in [5, 5.41) is 0.191. The second-order valence-electron chi connectivity index (χ2n) is 6.37. The minimum atomic E-state index is -3.70. The van der Waals surface area contributed by atoms with Crippen LogP contribution < -0.4 is 14.2 Å². The maximum Gasteiger partial charge on any atom is 0.263 e. The minimum absolute atomic E-state index is 0.191. The summed E-state index contributed by atoms with van der Waals surface area (Å²) >= 11 is 5.37. The molecule has 8 heteroatoms. The van der Waals surface area contributed by atoms with Crippen LogP contribution >= 0.6 is 12.2 Å². The van der Waals surface area contributed by atoms with Gasteiger partial charge in [0.1, 0.15) is 0 Å². The van der Waals surface area contributed by atoms with Gasteiger partial charge in [0.15, 0.2) is 16.6 Å². The quantitative estimate of drug-likeness (QED) is 0.788. The molecule has 0 bridgehead atoms. The van der Waals surface area contributed by atoms with Gasteiger partial charge in [-0.1, -0.05) is 17.7 Å². The number of thiocarbonyl (C=S) groups is 1. The van der Waals surface area contributed by atoms with E-state index in [0.29, 0.717) is 24.6 Å². The lowest BCUT2D eigenvalue weighted by Crippen LogP contribution is -2.44. The van der Waals surface area contributed by atoms with E-state index in [1.807, 2.05) is 24.0 Å². The van der Waals surface area contributed by atoms with Crippen LogP contribution in [0.3, 0.4) is 0 Å². The molecule has 0 aromatic heterocycles. The lowest BCUT2D eigenvalue weighted by molar-refractivity contribution is 0.348. The Morgan fingerprint density at radius 1 is 1.07 bits per heavy atom. The zero-order valence-electron chi connectivity index (χ0n) is 15.5. The third kappa shape index (κ3) is 4.17. The number of hydrogen-bond donors (Lipinski definition) is 1. The average Bonchev–Trinajstić information content (AvgIpc) is 2.66. The summed E-state index contributed by atoms with van der Waals surface area (Å²) in [6.07, 6.45) is 0.738. The summed E-state index contributed by atoms with van der Waals surface area (Å²) in [4.78, 5) is 2.04. The Labute approximate surface area is 165 Å². The molecule has 2 aromatic carbocycles. The summed E-state index contributed by atoms with van der Waals surface area (Å²) in [5.74, 6) is 1.33. The molecule has 144 valence electrons. The van der Waals surface area contributed by atoms with E-state index < -0.39 is 10.0 Å². The molecule has 0 atom stereocenters. The van der Waals surface area contributed by atoms with Crippen molar-refractivity contribution in [2.24, 2.45) is 0 Å². The molecular weight excluding hydrogens is 384 g/mol. The van der Waals surface area contributed by atoms with Crippen LogP contribution in [-0.4, -0.2) is 39.2 Å². The molecule has 0 spiro atoms. The topological polar surface area (TPSA) is 67.9 Å². The van der Waals surface area contributed by atoms with Crippen LogP contribution in [0.4, 0.5) is 0 Å². The largest absolute Gasteiger partial charge is 0.493 e. The average molecular weight is 407 g/mol. The maximum absolute atomic E-state index is 12.6. The highest BCUT2D eigenvalue weighted by Crippen LogP contribution is 2.33. The highest BCUT2D eigenvalue weighted by molar-refractivity contribution is 7.91. The summed E-state index contributed by atoms with van der Waals surface area (Å²) in [6, 6.07) is 10.5. The number of sulfonamides is 1. The maximum atomic E-state index is 12.6. The molecule has 27 heavy (non-hydrogen) atoms. The first-order chi connectivity index (χ1) is 12.8. The van der Waals surface area contributed by atoms with Crippen molar-refractivity contribution in [3.63, 3.8) is 0 Å². The van der Waals surface area contributed by atoms with Crippen molar-refractivity contribution < 1.29 is 17.9 Å². The SMILES string of the molecule is COc1cc2c(cc1OC)CN(C(=S)NS(=O)(=O)c1ccc(C)cc1)CC2. The van der Waals surface area contributed by atoms with Gasteiger partial charge in [-0.25, -0.2) is 8.42 Å². The zero-order chi connectivity index (χ0) is 19.6. The van der Waals surface area contributed by atoms with E-state index in [-0.39, 0.29) is 10.0 Å². The van der Waals surface area contributed by atoms with E-state index in [1.54, 1.807) is 38.5 Å². The van der Waals surface area contributed by atoms with E-state index >= 15 is 0 Å². The van der Waals surface area contributed by atoms with Crippen LogP contribution in [-0.2, 0) is 23.0 Å². The van der Waals surface area contributed by atoms with Gasteiger partial charge in [-0.3, -0.25) is 4.72 Å². The van der Waals surface area contributed by atoms with Gasteiger partial charge in [0.2, 0.25) is 0 Å². The van der Waals surface area contributed by atoms with Crippen molar-refractivity contribution >= 4 is 27.4 Å². The zero-order valence-corrected chi connectivity index (χ0v) is 17.1. The van der Waals surface area contributed by atoms with E-state index in [2.05, 4.69) is 4.72 Å². The Morgan fingerprint density at radius 3 is 2.26 bits per heavy atom. The molecule has 1 aliphatic heterocycles. The molecular formula is C19H22N2O4S2. The highest BCUT2D eigenvalue weighted by atomic mass is 32.2. The van der Waals surface area contributed by atoms with Gasteiger partial charge in [0.25, 0.3) is 10.0 Å². The van der Waals surface area contributed by atoms with Crippen LogP contribution in [0.15, 0.2) is 41.3 Å². The summed E-state index contributed by atoms with van der Waals surface area (Å²) in [6.45, 7) is 3.03. The van der Waals surface area contributed by atoms with Crippen molar-refractivity contribution in [3.8, 4) is 11.5 Å². The predicted octanol–water partition coefficient (Wildman–Crippen LogP) is 2.63. The lowest BCUT2D eigenvalue weighted by Gasteiger charge is -2.31. The van der Waals surface area contributed by atoms with Crippen LogP contribution in [0.1, 0.15) is 16.7 Å². The van der Waals surface area contributed by atoms with Crippen molar-refractivity contribution in [2.45, 2.75) is 24.8 Å². The fourth-order valence-corrected chi connectivity index (χ4v) is 4.47. The smallest absolute Gasteiger partial charge is 0.263 e. The van der Waals surface area contributed by atoms with Crippen molar-refractivity contribution in [2.75, 3.05) is 20.8 Å². The number of hydrogen-bond acceptors (Lipinski definition) is 5. The number of benzene rings is 2. The third-order valence-corrected chi connectivity index (χ3v) is 6.40. The fraction of sp³-hybridized carbons (Fsp3) is 0.316. The number of aryl methyl sites for hydroxylation is 1. The standard InChI is InChI=1S/C19H22N2O4S2/c1-13-4-6-16(7-5-13)27(22,23)20-19(26)21-9-8-14-10-17(24-2)18(25-3)11-15(14)12-21/h4-7,10-11H,8-9,12H2,1-3H3,(H,20,26). The molecule has 6 nitrogen and oxygen atoms in total. The van der Waals surface area contributed by atoms with Gasteiger partial charge >= 0.3 is 0 Å². The van der Waals surface area contributed by atoms with Gasteiger partial charge in [-0.2, -0.15) is 0 Å². The van der Waals surface area contributed by atoms with E-state index in [9.17, 15) is 8.42 Å². The van der Waals surface area contributed by atoms with Gasteiger partial charge in [-0.15, -0.1) is 0 Å². The molecule has 3 rings (SSSR count).